The molecule has 0 aromatic heterocycles. The number of aliphatic imine (C=N–C) groups is 1. The Labute approximate surface area is 358 Å². The van der Waals surface area contributed by atoms with E-state index in [0.29, 0.717) is 12.1 Å². The highest BCUT2D eigenvalue weighted by Gasteiger charge is 2.50. The number of nitrogens with zero attached hydrogens (tertiary/aromatic N) is 1. The number of allylic oxidation sites excluding steroid dienone is 3. The van der Waals surface area contributed by atoms with E-state index >= 15 is 0 Å². The Kier molecular flexibility index (Phi) is 15.6. The average Bonchev–Trinajstić information content (AvgIpc) is 3.45. The fourth-order valence-corrected chi connectivity index (χ4v) is 8.00. The first-order chi connectivity index (χ1) is 28.5. The molecule has 0 fully saturated rings. The monoisotopic (exact) mass is 848 g/mol. The SMILES string of the molecule is CO[C@H]1/C=C/O[C@@]2(C)Oc3c(C)c(O)c4c(O)c(c(/C=C/C(CC(C)C)=NC(C)C)c(O)c4c3C2=O)NC(=O)/C(C)=C\C=C\[C@H](C)[C@H](O)[C@@H](C)[C@H](O)[C@H](C)[C@H](OC(C)=O)[C@@H]1C. The van der Waals surface area contributed by atoms with Crippen LogP contribution in [0, 0.1) is 36.5 Å². The molecule has 0 saturated carbocycles. The molecule has 9 atom stereocenters. The maximum absolute atomic E-state index is 14.5. The van der Waals surface area contributed by atoms with Crippen molar-refractivity contribution >= 4 is 45.9 Å². The molecule has 0 radical (unpaired) electrons. The number of amides is 1. The summed E-state index contributed by atoms with van der Waals surface area (Å²) in [6.45, 7) is 20.5. The van der Waals surface area contributed by atoms with Gasteiger partial charge in [-0.2, -0.15) is 0 Å². The Morgan fingerprint density at radius 2 is 1.61 bits per heavy atom. The minimum atomic E-state index is -2.05. The van der Waals surface area contributed by atoms with Crippen LogP contribution >= 0.6 is 0 Å². The van der Waals surface area contributed by atoms with Gasteiger partial charge in [0.1, 0.15) is 23.4 Å². The standard InChI is InChI=1S/C47H64N2O12/c1-22(2)21-31(48-23(3)4)17-18-32-37-42(55)35-34(41(32)54)36-44(29(10)40(35)53)61-47(12,45(36)56)59-20-19-33(58-13)26(7)43(60-30(11)50)28(9)39(52)27(8)38(51)24(5)15-14-16-25(6)46(57)49-37/h14-20,22-24,26-28,33,38-39,43,51-55H,21H2,1-13H3,(H,49,57)/b15-14+,18-17+,20-19+,25-16-,48-31?/t24-,26+,27+,28-,33-,38-,39-,43+,47-/m0/s1. The molecule has 3 heterocycles. The van der Waals surface area contributed by atoms with Crippen molar-refractivity contribution < 1.29 is 58.9 Å². The minimum Gasteiger partial charge on any atom is -0.507 e. The minimum absolute atomic E-state index is 0.0585. The number of aromatic hydroxyl groups is 3. The van der Waals surface area contributed by atoms with Gasteiger partial charge in [-0.15, -0.1) is 0 Å². The second-order valence-electron chi connectivity index (χ2n) is 17.3. The third kappa shape index (κ3) is 10.3. The van der Waals surface area contributed by atoms with E-state index in [9.17, 15) is 39.9 Å². The lowest BCUT2D eigenvalue weighted by atomic mass is 9.78. The molecule has 14 nitrogen and oxygen atoms in total. The number of benzene rings is 2. The van der Waals surface area contributed by atoms with Crippen molar-refractivity contribution in [1.29, 1.82) is 0 Å². The van der Waals surface area contributed by atoms with E-state index in [4.69, 9.17) is 23.9 Å². The van der Waals surface area contributed by atoms with Crippen LogP contribution in [0.25, 0.3) is 16.8 Å². The van der Waals surface area contributed by atoms with Gasteiger partial charge in [0.2, 0.25) is 0 Å². The number of aliphatic hydroxyl groups excluding tert-OH is 2. The van der Waals surface area contributed by atoms with E-state index in [0.717, 1.165) is 0 Å². The molecule has 61 heavy (non-hydrogen) atoms. The number of aliphatic hydroxyl groups is 2. The Morgan fingerprint density at radius 3 is 2.20 bits per heavy atom. The Balaban J connectivity index is 2.02. The summed E-state index contributed by atoms with van der Waals surface area (Å²) in [6, 6.07) is -0.0668. The molecule has 1 amide bonds. The van der Waals surface area contributed by atoms with Crippen molar-refractivity contribution in [2.24, 2.45) is 34.6 Å². The second-order valence-corrected chi connectivity index (χ2v) is 17.3. The van der Waals surface area contributed by atoms with Crippen LogP contribution < -0.4 is 10.1 Å². The summed E-state index contributed by atoms with van der Waals surface area (Å²) in [6.07, 6.45) is 7.33. The molecule has 2 aromatic rings. The number of anilines is 1. The van der Waals surface area contributed by atoms with Gasteiger partial charge in [-0.25, -0.2) is 0 Å². The zero-order chi connectivity index (χ0) is 45.8. The maximum atomic E-state index is 14.5. The molecule has 6 N–H and O–H groups in total. The van der Waals surface area contributed by atoms with Crippen LogP contribution in [0.2, 0.25) is 0 Å². The predicted molar refractivity (Wildman–Crippen MR) is 235 cm³/mol. The van der Waals surface area contributed by atoms with E-state index in [1.807, 2.05) is 27.7 Å². The largest absolute Gasteiger partial charge is 0.507 e. The van der Waals surface area contributed by atoms with Crippen LogP contribution in [0.5, 0.6) is 23.0 Å². The van der Waals surface area contributed by atoms with Gasteiger partial charge in [0.25, 0.3) is 11.7 Å². The molecule has 0 saturated heterocycles. The first-order valence-corrected chi connectivity index (χ1v) is 20.8. The number of fused-ring (bicyclic) bond motifs is 14. The van der Waals surface area contributed by atoms with Crippen molar-refractivity contribution in [3.8, 4) is 23.0 Å². The summed E-state index contributed by atoms with van der Waals surface area (Å²) < 4.78 is 23.7. The number of phenolic OH excluding ortho intramolecular Hbond substituents is 3. The predicted octanol–water partition coefficient (Wildman–Crippen LogP) is 7.66. The van der Waals surface area contributed by atoms with Crippen LogP contribution in [0.3, 0.4) is 0 Å². The molecule has 3 aliphatic rings. The number of hydrogen-bond donors (Lipinski definition) is 6. The number of hydrogen-bond acceptors (Lipinski definition) is 13. The van der Waals surface area contributed by atoms with Crippen LogP contribution in [0.1, 0.15) is 104 Å². The van der Waals surface area contributed by atoms with E-state index < -0.39 is 88.8 Å². The lowest BCUT2D eigenvalue weighted by Crippen LogP contribution is -2.46. The molecular formula is C47H64N2O12. The molecule has 0 aliphatic carbocycles. The van der Waals surface area contributed by atoms with Crippen molar-refractivity contribution in [1.82, 2.24) is 0 Å². The van der Waals surface area contributed by atoms with Crippen molar-refractivity contribution in [3.63, 3.8) is 0 Å². The van der Waals surface area contributed by atoms with Gasteiger partial charge >= 0.3 is 11.8 Å². The maximum Gasteiger partial charge on any atom is 0.312 e. The number of carbonyl (C=O) groups excluding carboxylic acids is 3. The quantitative estimate of drug-likeness (QED) is 0.0686. The van der Waals surface area contributed by atoms with Gasteiger partial charge < -0.3 is 49.8 Å². The molecule has 334 valence electrons. The van der Waals surface area contributed by atoms with E-state index in [2.05, 4.69) is 5.32 Å². The van der Waals surface area contributed by atoms with Crippen molar-refractivity contribution in [2.45, 2.75) is 126 Å². The number of ketones is 1. The molecule has 0 unspecified atom stereocenters. The van der Waals surface area contributed by atoms with E-state index in [1.54, 1.807) is 45.9 Å². The molecule has 3 aliphatic heterocycles. The summed E-state index contributed by atoms with van der Waals surface area (Å²) in [5, 5.41) is 60.9. The van der Waals surface area contributed by atoms with Crippen LogP contribution in [-0.4, -0.2) is 92.3 Å². The smallest absolute Gasteiger partial charge is 0.312 e. The first kappa shape index (κ1) is 48.5. The number of phenols is 3. The third-order valence-electron chi connectivity index (χ3n) is 11.5. The number of rotatable bonds is 7. The Bertz CT molecular complexity index is 2150. The van der Waals surface area contributed by atoms with Crippen LogP contribution in [0.15, 0.2) is 47.2 Å². The van der Waals surface area contributed by atoms with Gasteiger partial charge in [-0.3, -0.25) is 19.4 Å². The lowest BCUT2D eigenvalue weighted by molar-refractivity contribution is -0.160. The number of methoxy groups -OCH3 is 1. The molecule has 5 rings (SSSR count). The van der Waals surface area contributed by atoms with Gasteiger partial charge in [0.05, 0.1) is 41.2 Å². The van der Waals surface area contributed by atoms with Gasteiger partial charge in [-0.05, 0) is 58.3 Å². The summed E-state index contributed by atoms with van der Waals surface area (Å²) >= 11 is 0. The number of carbonyl (C=O) groups is 3. The first-order valence-electron chi connectivity index (χ1n) is 20.8. The fourth-order valence-electron chi connectivity index (χ4n) is 8.00. The molecule has 2 aromatic carbocycles. The summed E-state index contributed by atoms with van der Waals surface area (Å²) in [4.78, 5) is 45.4. The second kappa shape index (κ2) is 19.7. The van der Waals surface area contributed by atoms with E-state index in [1.165, 1.54) is 59.3 Å². The van der Waals surface area contributed by atoms with E-state index in [-0.39, 0.29) is 56.4 Å². The van der Waals surface area contributed by atoms with Crippen molar-refractivity contribution in [3.05, 3.63) is 58.9 Å². The average molecular weight is 849 g/mol. The number of esters is 1. The molecule has 14 heteroatoms. The Morgan fingerprint density at radius 1 is 0.951 bits per heavy atom. The lowest BCUT2D eigenvalue weighted by Gasteiger charge is -2.38. The highest BCUT2D eigenvalue weighted by atomic mass is 16.7. The highest BCUT2D eigenvalue weighted by molar-refractivity contribution is 6.23. The molecule has 5 bridgehead atoms. The van der Waals surface area contributed by atoms with Gasteiger partial charge in [0.15, 0.2) is 5.75 Å². The number of nitrogens with one attached hydrogen (secondary N) is 1. The summed E-state index contributed by atoms with van der Waals surface area (Å²) in [5.74, 6) is -8.08. The van der Waals surface area contributed by atoms with Crippen LogP contribution in [-0.2, 0) is 23.8 Å². The molecule has 0 spiro atoms. The topological polar surface area (TPSA) is 214 Å². The Hall–Kier alpha value is -5.18. The number of ether oxygens (including phenoxy) is 4. The zero-order valence-electron chi connectivity index (χ0n) is 37.6. The van der Waals surface area contributed by atoms with Crippen molar-refractivity contribution in [2.75, 3.05) is 12.4 Å². The van der Waals surface area contributed by atoms with Crippen LogP contribution in [0.4, 0.5) is 5.69 Å². The molecular weight excluding hydrogens is 785 g/mol. The fraction of sp³-hybridized carbons (Fsp3) is 0.532. The zero-order valence-corrected chi connectivity index (χ0v) is 37.6. The highest BCUT2D eigenvalue weighted by Crippen LogP contribution is 2.55. The summed E-state index contributed by atoms with van der Waals surface area (Å²) in [7, 11) is 1.44. The normalized spacial score (nSPS) is 30.0. The van der Waals surface area contributed by atoms with Gasteiger partial charge in [0, 0.05) is 78.5 Å². The number of Topliss-reactive ketones (excluding diaryl/α,β-unsaturated/α-hetero) is 1. The third-order valence-corrected chi connectivity index (χ3v) is 11.5. The summed E-state index contributed by atoms with van der Waals surface area (Å²) in [5.41, 5.74) is 0.443. The van der Waals surface area contributed by atoms with Gasteiger partial charge in [-0.1, -0.05) is 59.8 Å².